The summed E-state index contributed by atoms with van der Waals surface area (Å²) in [6, 6.07) is 15.7. The van der Waals surface area contributed by atoms with E-state index in [1.807, 2.05) is 53.4 Å². The van der Waals surface area contributed by atoms with Crippen LogP contribution in [-0.4, -0.2) is 37.0 Å². The predicted molar refractivity (Wildman–Crippen MR) is 96.7 cm³/mol. The Balaban J connectivity index is 1.70. The third-order valence-electron chi connectivity index (χ3n) is 4.37. The maximum absolute atomic E-state index is 12.6. The summed E-state index contributed by atoms with van der Waals surface area (Å²) in [6.07, 6.45) is 0. The minimum atomic E-state index is 0.111. The van der Waals surface area contributed by atoms with E-state index in [1.165, 1.54) is 0 Å². The van der Waals surface area contributed by atoms with Gasteiger partial charge >= 0.3 is 0 Å². The van der Waals surface area contributed by atoms with E-state index in [1.54, 1.807) is 7.11 Å². The Morgan fingerprint density at radius 3 is 2.62 bits per heavy atom. The summed E-state index contributed by atoms with van der Waals surface area (Å²) in [5.74, 6) is 0.902. The van der Waals surface area contributed by atoms with Crippen molar-refractivity contribution in [2.24, 2.45) is 0 Å². The lowest BCUT2D eigenvalue weighted by atomic mass is 10.1. The third-order valence-corrected chi connectivity index (χ3v) is 4.60. The summed E-state index contributed by atoms with van der Waals surface area (Å²) in [4.78, 5) is 16.6. The number of halogens is 1. The number of nitrogens with zero attached hydrogens (tertiary/aromatic N) is 2. The number of anilines is 1. The van der Waals surface area contributed by atoms with Crippen molar-refractivity contribution in [3.8, 4) is 5.75 Å². The molecule has 1 aliphatic heterocycles. The van der Waals surface area contributed by atoms with Gasteiger partial charge in [-0.1, -0.05) is 23.7 Å². The highest BCUT2D eigenvalue weighted by molar-refractivity contribution is 6.30. The number of hydrogen-bond donors (Lipinski definition) is 0. The van der Waals surface area contributed by atoms with Gasteiger partial charge < -0.3 is 9.64 Å². The fraction of sp³-hybridized carbons (Fsp3) is 0.316. The quantitative estimate of drug-likeness (QED) is 0.849. The van der Waals surface area contributed by atoms with Crippen LogP contribution < -0.4 is 9.64 Å². The van der Waals surface area contributed by atoms with Crippen LogP contribution in [-0.2, 0) is 11.3 Å². The van der Waals surface area contributed by atoms with E-state index < -0.39 is 0 Å². The second-order valence-corrected chi connectivity index (χ2v) is 6.52. The number of piperazine rings is 1. The topological polar surface area (TPSA) is 32.8 Å². The molecule has 0 N–H and O–H groups in total. The van der Waals surface area contributed by atoms with Crippen molar-refractivity contribution in [2.45, 2.75) is 19.5 Å². The highest BCUT2D eigenvalue weighted by Gasteiger charge is 2.30. The lowest BCUT2D eigenvalue weighted by Crippen LogP contribution is -2.54. The Labute approximate surface area is 147 Å². The Morgan fingerprint density at radius 2 is 1.96 bits per heavy atom. The second kappa shape index (κ2) is 7.24. The summed E-state index contributed by atoms with van der Waals surface area (Å²) < 4.78 is 5.18. The molecule has 1 fully saturated rings. The molecule has 0 radical (unpaired) electrons. The molecule has 0 unspecified atom stereocenters. The molecule has 1 amide bonds. The van der Waals surface area contributed by atoms with Crippen LogP contribution in [0.5, 0.6) is 5.75 Å². The first-order valence-corrected chi connectivity index (χ1v) is 8.37. The Bertz CT molecular complexity index is 718. The Hall–Kier alpha value is -2.04. The number of rotatable bonds is 4. The molecule has 0 spiro atoms. The number of ether oxygens (including phenoxy) is 1. The smallest absolute Gasteiger partial charge is 0.241 e. The normalized spacial score (nSPS) is 18.7. The molecule has 1 heterocycles. The van der Waals surface area contributed by atoms with E-state index in [2.05, 4.69) is 11.8 Å². The predicted octanol–water partition coefficient (Wildman–Crippen LogP) is 3.59. The van der Waals surface area contributed by atoms with Gasteiger partial charge in [-0.3, -0.25) is 9.69 Å². The fourth-order valence-corrected chi connectivity index (χ4v) is 3.20. The minimum absolute atomic E-state index is 0.111. The van der Waals surface area contributed by atoms with Crippen molar-refractivity contribution in [3.05, 3.63) is 59.1 Å². The van der Waals surface area contributed by atoms with Crippen LogP contribution in [0.2, 0.25) is 5.02 Å². The SMILES string of the molecule is COc1ccc(N2C[C@H](C)N(Cc3cccc(Cl)c3)CC2=O)cc1. The van der Waals surface area contributed by atoms with Gasteiger partial charge in [-0.05, 0) is 48.9 Å². The molecule has 1 saturated heterocycles. The van der Waals surface area contributed by atoms with Crippen LogP contribution in [0.15, 0.2) is 48.5 Å². The molecule has 24 heavy (non-hydrogen) atoms. The third kappa shape index (κ3) is 3.71. The number of benzene rings is 2. The van der Waals surface area contributed by atoms with E-state index in [4.69, 9.17) is 16.3 Å². The lowest BCUT2D eigenvalue weighted by molar-refractivity contribution is -0.122. The average Bonchev–Trinajstić information content (AvgIpc) is 2.58. The maximum Gasteiger partial charge on any atom is 0.241 e. The van der Waals surface area contributed by atoms with Crippen molar-refractivity contribution in [3.63, 3.8) is 0 Å². The van der Waals surface area contributed by atoms with Crippen molar-refractivity contribution in [1.29, 1.82) is 0 Å². The molecule has 3 rings (SSSR count). The zero-order valence-corrected chi connectivity index (χ0v) is 14.7. The van der Waals surface area contributed by atoms with Gasteiger partial charge in [0.25, 0.3) is 0 Å². The molecule has 2 aromatic rings. The summed E-state index contributed by atoms with van der Waals surface area (Å²) in [6.45, 7) is 3.95. The number of carbonyl (C=O) groups excluding carboxylic acids is 1. The van der Waals surface area contributed by atoms with Crippen molar-refractivity contribution in [1.82, 2.24) is 4.90 Å². The summed E-state index contributed by atoms with van der Waals surface area (Å²) in [5.41, 5.74) is 2.04. The molecule has 2 aromatic carbocycles. The zero-order chi connectivity index (χ0) is 17.1. The van der Waals surface area contributed by atoms with Crippen LogP contribution in [0, 0.1) is 0 Å². The van der Waals surface area contributed by atoms with Gasteiger partial charge in [-0.15, -0.1) is 0 Å². The molecule has 126 valence electrons. The number of amides is 1. The van der Waals surface area contributed by atoms with E-state index >= 15 is 0 Å². The van der Waals surface area contributed by atoms with E-state index in [0.717, 1.165) is 28.6 Å². The lowest BCUT2D eigenvalue weighted by Gasteiger charge is -2.39. The largest absolute Gasteiger partial charge is 0.497 e. The zero-order valence-electron chi connectivity index (χ0n) is 13.9. The fourth-order valence-electron chi connectivity index (χ4n) is 2.99. The first-order chi connectivity index (χ1) is 11.6. The molecule has 1 aliphatic rings. The van der Waals surface area contributed by atoms with Crippen LogP contribution in [0.25, 0.3) is 0 Å². The highest BCUT2D eigenvalue weighted by Crippen LogP contribution is 2.24. The van der Waals surface area contributed by atoms with Gasteiger partial charge in [0.15, 0.2) is 0 Å². The van der Waals surface area contributed by atoms with Crippen LogP contribution in [0.4, 0.5) is 5.69 Å². The number of carbonyl (C=O) groups is 1. The van der Waals surface area contributed by atoms with E-state index in [0.29, 0.717) is 13.1 Å². The number of methoxy groups -OCH3 is 1. The van der Waals surface area contributed by atoms with Crippen LogP contribution in [0.3, 0.4) is 0 Å². The molecule has 1 atom stereocenters. The minimum Gasteiger partial charge on any atom is -0.497 e. The number of hydrogen-bond acceptors (Lipinski definition) is 3. The second-order valence-electron chi connectivity index (χ2n) is 6.09. The van der Waals surface area contributed by atoms with Crippen molar-refractivity contribution >= 4 is 23.2 Å². The van der Waals surface area contributed by atoms with Gasteiger partial charge in [0.05, 0.1) is 13.7 Å². The summed E-state index contributed by atoms with van der Waals surface area (Å²) in [7, 11) is 1.64. The molecule has 5 heteroatoms. The highest BCUT2D eigenvalue weighted by atomic mass is 35.5. The molecular formula is C19H21ClN2O2. The van der Waals surface area contributed by atoms with E-state index in [9.17, 15) is 4.79 Å². The van der Waals surface area contributed by atoms with Gasteiger partial charge in [0.1, 0.15) is 5.75 Å². The van der Waals surface area contributed by atoms with Crippen LogP contribution >= 0.6 is 11.6 Å². The molecule has 0 aliphatic carbocycles. The van der Waals surface area contributed by atoms with Crippen LogP contribution in [0.1, 0.15) is 12.5 Å². The van der Waals surface area contributed by atoms with E-state index in [-0.39, 0.29) is 11.9 Å². The Kier molecular flexibility index (Phi) is 5.07. The van der Waals surface area contributed by atoms with Crippen molar-refractivity contribution in [2.75, 3.05) is 25.1 Å². The molecule has 0 saturated carbocycles. The molecule has 0 bridgehead atoms. The molecule has 4 nitrogen and oxygen atoms in total. The van der Waals surface area contributed by atoms with Crippen molar-refractivity contribution < 1.29 is 9.53 Å². The molecular weight excluding hydrogens is 324 g/mol. The molecule has 0 aromatic heterocycles. The van der Waals surface area contributed by atoms with Gasteiger partial charge in [-0.2, -0.15) is 0 Å². The first kappa shape index (κ1) is 16.8. The summed E-state index contributed by atoms with van der Waals surface area (Å²) in [5, 5.41) is 0.725. The van der Waals surface area contributed by atoms with Gasteiger partial charge in [0.2, 0.25) is 5.91 Å². The van der Waals surface area contributed by atoms with Gasteiger partial charge in [-0.25, -0.2) is 0 Å². The standard InChI is InChI=1S/C19H21ClN2O2/c1-14-11-22(17-6-8-18(24-2)9-7-17)19(23)13-21(14)12-15-4-3-5-16(20)10-15/h3-10,14H,11-13H2,1-2H3/t14-/m0/s1. The first-order valence-electron chi connectivity index (χ1n) is 8.00. The average molecular weight is 345 g/mol. The van der Waals surface area contributed by atoms with Gasteiger partial charge in [0, 0.05) is 29.8 Å². The Morgan fingerprint density at radius 1 is 1.21 bits per heavy atom. The maximum atomic E-state index is 12.6. The monoisotopic (exact) mass is 344 g/mol. The summed E-state index contributed by atoms with van der Waals surface area (Å²) >= 11 is 6.05.